The molecule has 1 rings (SSSR count). The molecule has 16 heavy (non-hydrogen) atoms. The van der Waals surface area contributed by atoms with Gasteiger partial charge in [-0.2, -0.15) is 0 Å². The van der Waals surface area contributed by atoms with Crippen molar-refractivity contribution in [2.45, 2.75) is 60.4 Å². The predicted octanol–water partition coefficient (Wildman–Crippen LogP) is 3.90. The van der Waals surface area contributed by atoms with Gasteiger partial charge in [0.2, 0.25) is 0 Å². The second-order valence-electron chi connectivity index (χ2n) is 6.32. The van der Waals surface area contributed by atoms with Crippen LogP contribution in [0.2, 0.25) is 0 Å². The fourth-order valence-corrected chi connectivity index (χ4v) is 3.07. The Kier molecular flexibility index (Phi) is 4.40. The van der Waals surface area contributed by atoms with Crippen molar-refractivity contribution in [1.82, 2.24) is 0 Å². The highest BCUT2D eigenvalue weighted by atomic mass is 16.5. The molecule has 1 aliphatic rings. The molecule has 94 valence electrons. The average Bonchev–Trinajstić information content (AvgIpc) is 2.48. The van der Waals surface area contributed by atoms with Crippen molar-refractivity contribution in [1.29, 1.82) is 0 Å². The van der Waals surface area contributed by atoms with Gasteiger partial charge >= 0.3 is 0 Å². The monoisotopic (exact) mass is 225 g/mol. The van der Waals surface area contributed by atoms with Gasteiger partial charge < -0.3 is 4.74 Å². The lowest BCUT2D eigenvalue weighted by molar-refractivity contribution is 0.138. The first-order valence-corrected chi connectivity index (χ1v) is 6.50. The summed E-state index contributed by atoms with van der Waals surface area (Å²) in [4.78, 5) is 4.66. The maximum absolute atomic E-state index is 5.52. The normalized spacial score (nSPS) is 21.5. The minimum atomic E-state index is 0.292. The van der Waals surface area contributed by atoms with Crippen molar-refractivity contribution in [3.05, 3.63) is 0 Å². The quantitative estimate of drug-likeness (QED) is 0.695. The SMILES string of the molecule is CC1=N[C@H](C(C)(CC(C)C)CC(C)C)CO1. The third-order valence-corrected chi connectivity index (χ3v) is 3.34. The van der Waals surface area contributed by atoms with Gasteiger partial charge in [-0.15, -0.1) is 0 Å². The van der Waals surface area contributed by atoms with Gasteiger partial charge in [0.1, 0.15) is 6.61 Å². The van der Waals surface area contributed by atoms with E-state index < -0.39 is 0 Å². The van der Waals surface area contributed by atoms with E-state index in [1.165, 1.54) is 12.8 Å². The first-order valence-electron chi connectivity index (χ1n) is 6.50. The van der Waals surface area contributed by atoms with Gasteiger partial charge in [0.25, 0.3) is 0 Å². The zero-order valence-electron chi connectivity index (χ0n) is 11.7. The van der Waals surface area contributed by atoms with Crippen molar-refractivity contribution in [2.24, 2.45) is 22.2 Å². The molecule has 1 aliphatic heterocycles. The molecule has 0 amide bonds. The lowest BCUT2D eigenvalue weighted by Crippen LogP contribution is -2.35. The van der Waals surface area contributed by atoms with Crippen molar-refractivity contribution in [3.63, 3.8) is 0 Å². The Hall–Kier alpha value is -0.530. The van der Waals surface area contributed by atoms with Crippen LogP contribution >= 0.6 is 0 Å². The Morgan fingerprint density at radius 1 is 1.25 bits per heavy atom. The summed E-state index contributed by atoms with van der Waals surface area (Å²) in [5.41, 5.74) is 0.292. The van der Waals surface area contributed by atoms with Crippen LogP contribution in [0.4, 0.5) is 0 Å². The predicted molar refractivity (Wildman–Crippen MR) is 69.9 cm³/mol. The molecule has 0 aromatic carbocycles. The van der Waals surface area contributed by atoms with Crippen molar-refractivity contribution in [2.75, 3.05) is 6.61 Å². The molecule has 2 nitrogen and oxygen atoms in total. The smallest absolute Gasteiger partial charge is 0.180 e. The summed E-state index contributed by atoms with van der Waals surface area (Å²) in [6, 6.07) is 0.359. The molecule has 1 atom stereocenters. The summed E-state index contributed by atoms with van der Waals surface area (Å²) in [6.45, 7) is 14.3. The number of hydrogen-bond donors (Lipinski definition) is 0. The van der Waals surface area contributed by atoms with E-state index in [2.05, 4.69) is 39.6 Å². The van der Waals surface area contributed by atoms with E-state index in [4.69, 9.17) is 4.74 Å². The molecule has 0 fully saturated rings. The standard InChI is InChI=1S/C14H27NO/c1-10(2)7-14(6,8-11(3)4)13-9-16-12(5)15-13/h10-11,13H,7-9H2,1-6H3/t13-/m0/s1. The summed E-state index contributed by atoms with van der Waals surface area (Å²) < 4.78 is 5.52. The highest BCUT2D eigenvalue weighted by Gasteiger charge is 2.38. The molecule has 0 spiro atoms. The molecule has 0 aliphatic carbocycles. The molecule has 0 unspecified atom stereocenters. The van der Waals surface area contributed by atoms with Gasteiger partial charge in [0.15, 0.2) is 5.90 Å². The van der Waals surface area contributed by atoms with Gasteiger partial charge in [-0.05, 0) is 30.1 Å². The average molecular weight is 225 g/mol. The summed E-state index contributed by atoms with van der Waals surface area (Å²) >= 11 is 0. The van der Waals surface area contributed by atoms with E-state index >= 15 is 0 Å². The Balaban J connectivity index is 2.77. The maximum Gasteiger partial charge on any atom is 0.180 e. The third kappa shape index (κ3) is 3.50. The highest BCUT2D eigenvalue weighted by Crippen LogP contribution is 2.39. The van der Waals surface area contributed by atoms with Crippen LogP contribution in [-0.4, -0.2) is 18.5 Å². The Bertz CT molecular complexity index is 245. The van der Waals surface area contributed by atoms with E-state index in [-0.39, 0.29) is 0 Å². The molecule has 0 saturated carbocycles. The number of rotatable bonds is 5. The second kappa shape index (κ2) is 5.20. The molecular formula is C14H27NO. The van der Waals surface area contributed by atoms with E-state index in [1.54, 1.807) is 0 Å². The zero-order chi connectivity index (χ0) is 12.3. The first kappa shape index (κ1) is 13.5. The van der Waals surface area contributed by atoms with Crippen LogP contribution in [0.5, 0.6) is 0 Å². The Morgan fingerprint density at radius 3 is 2.06 bits per heavy atom. The number of ether oxygens (including phenoxy) is 1. The molecule has 0 saturated heterocycles. The summed E-state index contributed by atoms with van der Waals surface area (Å²) in [5, 5.41) is 0. The molecule has 1 heterocycles. The van der Waals surface area contributed by atoms with E-state index in [0.717, 1.165) is 24.3 Å². The van der Waals surface area contributed by atoms with Crippen LogP contribution in [0, 0.1) is 17.3 Å². The van der Waals surface area contributed by atoms with Gasteiger partial charge in [-0.3, -0.25) is 0 Å². The fraction of sp³-hybridized carbons (Fsp3) is 0.929. The van der Waals surface area contributed by atoms with E-state index in [1.807, 2.05) is 6.92 Å². The minimum Gasteiger partial charge on any atom is -0.479 e. The first-order chi connectivity index (χ1) is 7.33. The van der Waals surface area contributed by atoms with Gasteiger partial charge in [-0.1, -0.05) is 34.6 Å². The summed E-state index contributed by atoms with van der Waals surface area (Å²) in [6.07, 6.45) is 2.46. The lowest BCUT2D eigenvalue weighted by Gasteiger charge is -2.36. The third-order valence-electron chi connectivity index (χ3n) is 3.34. The van der Waals surface area contributed by atoms with Gasteiger partial charge in [-0.25, -0.2) is 4.99 Å². The van der Waals surface area contributed by atoms with Crippen molar-refractivity contribution >= 4 is 5.90 Å². The minimum absolute atomic E-state index is 0.292. The van der Waals surface area contributed by atoms with Crippen LogP contribution in [0.15, 0.2) is 4.99 Å². The van der Waals surface area contributed by atoms with E-state index in [0.29, 0.717) is 11.5 Å². The maximum atomic E-state index is 5.52. The highest BCUT2D eigenvalue weighted by molar-refractivity contribution is 5.74. The number of aliphatic imine (C=N–C) groups is 1. The molecular weight excluding hydrogens is 198 g/mol. The van der Waals surface area contributed by atoms with Crippen molar-refractivity contribution in [3.8, 4) is 0 Å². The zero-order valence-corrected chi connectivity index (χ0v) is 11.7. The Morgan fingerprint density at radius 2 is 1.75 bits per heavy atom. The van der Waals surface area contributed by atoms with Gasteiger partial charge in [0.05, 0.1) is 6.04 Å². The van der Waals surface area contributed by atoms with Crippen LogP contribution in [0.3, 0.4) is 0 Å². The lowest BCUT2D eigenvalue weighted by atomic mass is 9.71. The fourth-order valence-electron chi connectivity index (χ4n) is 3.07. The largest absolute Gasteiger partial charge is 0.479 e. The van der Waals surface area contributed by atoms with Crippen LogP contribution in [-0.2, 0) is 4.74 Å². The molecule has 0 aromatic rings. The number of hydrogen-bond acceptors (Lipinski definition) is 2. The number of nitrogens with zero attached hydrogens (tertiary/aromatic N) is 1. The second-order valence-corrected chi connectivity index (χ2v) is 6.32. The van der Waals surface area contributed by atoms with Crippen LogP contribution in [0.1, 0.15) is 54.4 Å². The topological polar surface area (TPSA) is 21.6 Å². The Labute approximate surface area is 100 Å². The molecule has 0 aromatic heterocycles. The van der Waals surface area contributed by atoms with E-state index in [9.17, 15) is 0 Å². The van der Waals surface area contributed by atoms with Gasteiger partial charge in [0, 0.05) is 6.92 Å². The molecule has 2 heteroatoms. The van der Waals surface area contributed by atoms with Crippen LogP contribution < -0.4 is 0 Å². The summed E-state index contributed by atoms with van der Waals surface area (Å²) in [7, 11) is 0. The molecule has 0 radical (unpaired) electrons. The van der Waals surface area contributed by atoms with Crippen LogP contribution in [0.25, 0.3) is 0 Å². The molecule has 0 N–H and O–H groups in total. The molecule has 0 bridgehead atoms. The van der Waals surface area contributed by atoms with Crippen molar-refractivity contribution < 1.29 is 4.74 Å². The summed E-state index contributed by atoms with van der Waals surface area (Å²) in [5.74, 6) is 2.31.